The summed E-state index contributed by atoms with van der Waals surface area (Å²) in [5, 5.41) is 2.24. The highest BCUT2D eigenvalue weighted by atomic mass is 32.2. The van der Waals surface area contributed by atoms with Gasteiger partial charge >= 0.3 is 0 Å². The second-order valence-corrected chi connectivity index (χ2v) is 8.05. The highest BCUT2D eigenvalue weighted by molar-refractivity contribution is 8.18. The monoisotopic (exact) mass is 424 g/mol. The number of hydrogen-bond donors (Lipinski definition) is 1. The summed E-state index contributed by atoms with van der Waals surface area (Å²) in [4.78, 5) is 38.6. The summed E-state index contributed by atoms with van der Waals surface area (Å²) in [6, 6.07) is 14.6. The zero-order valence-electron chi connectivity index (χ0n) is 17.2. The molecular formula is C23H24N2O4S. The molecule has 0 saturated carbocycles. The zero-order chi connectivity index (χ0) is 21.7. The number of aryl methyl sites for hydroxylation is 1. The Labute approximate surface area is 180 Å². The highest BCUT2D eigenvalue weighted by Crippen LogP contribution is 2.34. The van der Waals surface area contributed by atoms with Crippen molar-refractivity contribution in [2.24, 2.45) is 0 Å². The first-order valence-electron chi connectivity index (χ1n) is 9.75. The van der Waals surface area contributed by atoms with E-state index >= 15 is 0 Å². The van der Waals surface area contributed by atoms with Gasteiger partial charge in [0.25, 0.3) is 11.1 Å². The molecule has 0 aliphatic carbocycles. The van der Waals surface area contributed by atoms with Gasteiger partial charge in [-0.3, -0.25) is 19.3 Å². The van der Waals surface area contributed by atoms with Crippen LogP contribution in [0.3, 0.4) is 0 Å². The summed E-state index contributed by atoms with van der Waals surface area (Å²) in [7, 11) is 0. The summed E-state index contributed by atoms with van der Waals surface area (Å²) in [5.41, 5.74) is 2.40. The Balaban J connectivity index is 1.71. The van der Waals surface area contributed by atoms with Crippen LogP contribution in [0.1, 0.15) is 31.4 Å². The minimum absolute atomic E-state index is 0.0279. The molecule has 1 aliphatic heterocycles. The lowest BCUT2D eigenvalue weighted by Gasteiger charge is -2.15. The van der Waals surface area contributed by atoms with Gasteiger partial charge in [0.05, 0.1) is 11.0 Å². The van der Waals surface area contributed by atoms with Gasteiger partial charge in [0.1, 0.15) is 12.3 Å². The van der Waals surface area contributed by atoms with E-state index in [9.17, 15) is 14.4 Å². The summed E-state index contributed by atoms with van der Waals surface area (Å²) in [6.07, 6.45) is 2.52. The van der Waals surface area contributed by atoms with Gasteiger partial charge in [0, 0.05) is 11.3 Å². The van der Waals surface area contributed by atoms with E-state index in [1.165, 1.54) is 0 Å². The molecule has 1 saturated heterocycles. The normalized spacial score (nSPS) is 16.1. The van der Waals surface area contributed by atoms with E-state index in [0.717, 1.165) is 28.6 Å². The number of rotatable bonds is 7. The first kappa shape index (κ1) is 21.6. The molecule has 3 rings (SSSR count). The molecule has 7 heteroatoms. The number of thioether (sulfide) groups is 1. The number of anilines is 1. The van der Waals surface area contributed by atoms with Crippen molar-refractivity contribution in [3.05, 3.63) is 64.6 Å². The van der Waals surface area contributed by atoms with Gasteiger partial charge in [-0.2, -0.15) is 0 Å². The van der Waals surface area contributed by atoms with Crippen LogP contribution in [-0.4, -0.2) is 34.6 Å². The predicted octanol–water partition coefficient (Wildman–Crippen LogP) is 4.85. The van der Waals surface area contributed by atoms with Gasteiger partial charge in [0.15, 0.2) is 0 Å². The first-order valence-corrected chi connectivity index (χ1v) is 10.6. The molecule has 1 unspecified atom stereocenters. The van der Waals surface area contributed by atoms with Crippen LogP contribution in [0, 0.1) is 6.92 Å². The maximum absolute atomic E-state index is 12.7. The number of nitrogens with one attached hydrogen (secondary N) is 1. The Bertz CT molecular complexity index is 985. The van der Waals surface area contributed by atoms with Crippen LogP contribution in [0.5, 0.6) is 5.75 Å². The number of amides is 3. The summed E-state index contributed by atoms with van der Waals surface area (Å²) in [5.74, 6) is -0.263. The van der Waals surface area contributed by atoms with Crippen molar-refractivity contribution in [3.63, 3.8) is 0 Å². The van der Waals surface area contributed by atoms with E-state index in [1.807, 2.05) is 57.2 Å². The fraction of sp³-hybridized carbons (Fsp3) is 0.261. The average molecular weight is 425 g/mol. The molecule has 1 atom stereocenters. The van der Waals surface area contributed by atoms with Gasteiger partial charge in [-0.15, -0.1) is 0 Å². The molecule has 3 amide bonds. The Kier molecular flexibility index (Phi) is 6.95. The number of imide groups is 1. The number of nitrogens with zero attached hydrogens (tertiary/aromatic N) is 1. The van der Waals surface area contributed by atoms with Crippen LogP contribution < -0.4 is 10.1 Å². The van der Waals surface area contributed by atoms with E-state index in [1.54, 1.807) is 18.2 Å². The fourth-order valence-electron chi connectivity index (χ4n) is 2.77. The highest BCUT2D eigenvalue weighted by Gasteiger charge is 2.36. The fourth-order valence-corrected chi connectivity index (χ4v) is 3.59. The van der Waals surface area contributed by atoms with Crippen LogP contribution >= 0.6 is 11.8 Å². The van der Waals surface area contributed by atoms with Crippen molar-refractivity contribution in [1.29, 1.82) is 0 Å². The van der Waals surface area contributed by atoms with E-state index < -0.39 is 17.1 Å². The van der Waals surface area contributed by atoms with Gasteiger partial charge < -0.3 is 10.1 Å². The molecule has 2 aromatic carbocycles. The molecule has 0 bridgehead atoms. The number of carbonyl (C=O) groups excluding carboxylic acids is 3. The molecule has 0 radical (unpaired) electrons. The van der Waals surface area contributed by atoms with Gasteiger partial charge in [-0.1, -0.05) is 42.8 Å². The molecule has 1 aliphatic rings. The number of carbonyl (C=O) groups is 3. The third-order valence-electron chi connectivity index (χ3n) is 4.62. The standard InChI is InChI=1S/C23H24N2O4S/c1-4-16(3)29-19-8-6-5-7-17(19)13-20-22(27)25(23(28)30-20)14-21(26)24-18-11-9-15(2)10-12-18/h5-13,16H,4,14H2,1-3H3,(H,24,26). The van der Waals surface area contributed by atoms with E-state index in [0.29, 0.717) is 17.0 Å². The summed E-state index contributed by atoms with van der Waals surface area (Å²) < 4.78 is 5.91. The number of hydrogen-bond acceptors (Lipinski definition) is 5. The molecular weight excluding hydrogens is 400 g/mol. The minimum Gasteiger partial charge on any atom is -0.490 e. The summed E-state index contributed by atoms with van der Waals surface area (Å²) >= 11 is 0.823. The predicted molar refractivity (Wildman–Crippen MR) is 119 cm³/mol. The van der Waals surface area contributed by atoms with Crippen molar-refractivity contribution < 1.29 is 19.1 Å². The topological polar surface area (TPSA) is 75.7 Å². The third kappa shape index (κ3) is 5.30. The molecule has 30 heavy (non-hydrogen) atoms. The van der Waals surface area contributed by atoms with Crippen LogP contribution in [-0.2, 0) is 9.59 Å². The van der Waals surface area contributed by atoms with E-state index in [2.05, 4.69) is 5.32 Å². The van der Waals surface area contributed by atoms with Crippen molar-refractivity contribution in [2.75, 3.05) is 11.9 Å². The van der Waals surface area contributed by atoms with Gasteiger partial charge in [-0.05, 0) is 56.3 Å². The number of ether oxygens (including phenoxy) is 1. The average Bonchev–Trinajstić information content (AvgIpc) is 2.98. The zero-order valence-corrected chi connectivity index (χ0v) is 18.0. The second-order valence-electron chi connectivity index (χ2n) is 7.06. The van der Waals surface area contributed by atoms with Gasteiger partial charge in [0.2, 0.25) is 5.91 Å². The van der Waals surface area contributed by atoms with Crippen LogP contribution in [0.15, 0.2) is 53.4 Å². The molecule has 156 valence electrons. The van der Waals surface area contributed by atoms with Gasteiger partial charge in [-0.25, -0.2) is 0 Å². The molecule has 0 spiro atoms. The molecule has 2 aromatic rings. The number of benzene rings is 2. The van der Waals surface area contributed by atoms with Crippen molar-refractivity contribution in [1.82, 2.24) is 4.90 Å². The van der Waals surface area contributed by atoms with E-state index in [4.69, 9.17) is 4.74 Å². The molecule has 0 aromatic heterocycles. The van der Waals surface area contributed by atoms with Crippen molar-refractivity contribution in [2.45, 2.75) is 33.3 Å². The Morgan fingerprint density at radius 3 is 2.57 bits per heavy atom. The van der Waals surface area contributed by atoms with Crippen molar-refractivity contribution >= 4 is 40.6 Å². The molecule has 1 N–H and O–H groups in total. The Morgan fingerprint density at radius 1 is 1.17 bits per heavy atom. The van der Waals surface area contributed by atoms with Crippen LogP contribution in [0.2, 0.25) is 0 Å². The molecule has 6 nitrogen and oxygen atoms in total. The third-order valence-corrected chi connectivity index (χ3v) is 5.53. The SMILES string of the molecule is CCC(C)Oc1ccccc1C=C1SC(=O)N(CC(=O)Nc2ccc(C)cc2)C1=O. The smallest absolute Gasteiger partial charge is 0.294 e. The Morgan fingerprint density at radius 2 is 1.87 bits per heavy atom. The maximum Gasteiger partial charge on any atom is 0.294 e. The minimum atomic E-state index is -0.484. The lowest BCUT2D eigenvalue weighted by Crippen LogP contribution is -2.36. The van der Waals surface area contributed by atoms with Crippen LogP contribution in [0.4, 0.5) is 10.5 Å². The quantitative estimate of drug-likeness (QED) is 0.643. The van der Waals surface area contributed by atoms with Crippen molar-refractivity contribution in [3.8, 4) is 5.75 Å². The molecule has 1 heterocycles. The van der Waals surface area contributed by atoms with Crippen LogP contribution in [0.25, 0.3) is 6.08 Å². The van der Waals surface area contributed by atoms with E-state index in [-0.39, 0.29) is 17.6 Å². The lowest BCUT2D eigenvalue weighted by molar-refractivity contribution is -0.127. The second kappa shape index (κ2) is 9.63. The maximum atomic E-state index is 12.7. The summed E-state index contributed by atoms with van der Waals surface area (Å²) in [6.45, 7) is 5.61. The number of para-hydroxylation sites is 1. The largest absolute Gasteiger partial charge is 0.490 e. The first-order chi connectivity index (χ1) is 14.4. The molecule has 1 fully saturated rings. The lowest BCUT2D eigenvalue weighted by atomic mass is 10.1. The Hall–Kier alpha value is -3.06.